The molecule has 2 N–H and O–H groups in total. The largest absolute Gasteiger partial charge is 0.492 e. The summed E-state index contributed by atoms with van der Waals surface area (Å²) in [7, 11) is 1.46. The van der Waals surface area contributed by atoms with E-state index in [1.165, 1.54) is 19.4 Å². The first-order valence-electron chi connectivity index (χ1n) is 10.3. The fourth-order valence-electron chi connectivity index (χ4n) is 4.82. The fraction of sp³-hybridized carbons (Fsp3) is 0.524. The smallest absolute Gasteiger partial charge is 0.352 e. The summed E-state index contributed by atoms with van der Waals surface area (Å²) in [6.45, 7) is 2.34. The summed E-state index contributed by atoms with van der Waals surface area (Å²) in [5.74, 6) is -2.26. The number of hydrogen-bond acceptors (Lipinski definition) is 7. The number of carbonyl (C=O) groups is 2. The predicted molar refractivity (Wildman–Crippen MR) is 107 cm³/mol. The quantitative estimate of drug-likeness (QED) is 0.436. The number of methoxy groups -OCH3 is 1. The molecule has 1 saturated carbocycles. The Morgan fingerprint density at radius 1 is 1.30 bits per heavy atom. The summed E-state index contributed by atoms with van der Waals surface area (Å²) in [6, 6.07) is 1.49. The third-order valence-electron chi connectivity index (χ3n) is 6.39. The topological polar surface area (TPSA) is 91.3 Å². The average molecular weight is 417 g/mol. The number of aliphatic carboxylic acids is 1. The van der Waals surface area contributed by atoms with Crippen molar-refractivity contribution in [3.05, 3.63) is 23.7 Å². The molecule has 0 amide bonds. The van der Waals surface area contributed by atoms with Gasteiger partial charge < -0.3 is 29.7 Å². The van der Waals surface area contributed by atoms with Crippen molar-refractivity contribution in [1.29, 1.82) is 0 Å². The molecule has 3 heterocycles. The maximum atomic E-state index is 15.3. The Labute approximate surface area is 173 Å². The van der Waals surface area contributed by atoms with Crippen LogP contribution >= 0.6 is 0 Å². The normalized spacial score (nSPS) is 25.8. The zero-order valence-electron chi connectivity index (χ0n) is 16.7. The molecule has 0 radical (unpaired) electrons. The van der Waals surface area contributed by atoms with E-state index in [-0.39, 0.29) is 17.5 Å². The van der Waals surface area contributed by atoms with Crippen LogP contribution in [0, 0.1) is 11.7 Å². The standard InChI is InChI=1S/C21H24FN3O5/c1-29-19-17(24-8-11-3-2-6-23-15(11)10-24)14(22)7-16-18(19)25(12-4-5-12)9-13(20(26)27)21(28)30-16/h7,9,11-12,15,23H,2-6,8,10H2,1H3,(H,26,27)/t11-,15+/m0/s1. The van der Waals surface area contributed by atoms with Gasteiger partial charge in [-0.3, -0.25) is 0 Å². The molecule has 9 heteroatoms. The summed E-state index contributed by atoms with van der Waals surface area (Å²) in [5.41, 5.74) is 0.253. The van der Waals surface area contributed by atoms with Gasteiger partial charge >= 0.3 is 11.9 Å². The molecule has 1 aromatic carbocycles. The highest BCUT2D eigenvalue weighted by atomic mass is 19.1. The van der Waals surface area contributed by atoms with Crippen LogP contribution in [0.5, 0.6) is 11.5 Å². The summed E-state index contributed by atoms with van der Waals surface area (Å²) in [5, 5.41) is 13.0. The van der Waals surface area contributed by atoms with Crippen LogP contribution in [0.1, 0.15) is 25.7 Å². The first-order valence-corrected chi connectivity index (χ1v) is 10.3. The molecule has 4 aliphatic rings. The van der Waals surface area contributed by atoms with Gasteiger partial charge in [0.05, 0.1) is 7.11 Å². The van der Waals surface area contributed by atoms with Gasteiger partial charge in [0.1, 0.15) is 11.4 Å². The Bertz CT molecular complexity index is 931. The number of ether oxygens (including phenoxy) is 2. The number of benzene rings is 1. The van der Waals surface area contributed by atoms with E-state index in [9.17, 15) is 14.7 Å². The second-order valence-corrected chi connectivity index (χ2v) is 8.33. The molecule has 5 rings (SSSR count). The van der Waals surface area contributed by atoms with Crippen LogP contribution in [0.15, 0.2) is 17.8 Å². The third-order valence-corrected chi connectivity index (χ3v) is 6.39. The van der Waals surface area contributed by atoms with Crippen LogP contribution in [-0.2, 0) is 9.59 Å². The van der Waals surface area contributed by atoms with E-state index >= 15 is 4.39 Å². The van der Waals surface area contributed by atoms with E-state index < -0.39 is 23.3 Å². The lowest BCUT2D eigenvalue weighted by Gasteiger charge is -2.28. The summed E-state index contributed by atoms with van der Waals surface area (Å²) in [6.07, 6.45) is 5.17. The molecule has 160 valence electrons. The van der Waals surface area contributed by atoms with Crippen LogP contribution in [0.4, 0.5) is 15.8 Å². The molecule has 2 saturated heterocycles. The van der Waals surface area contributed by atoms with Crippen molar-refractivity contribution >= 4 is 23.3 Å². The molecule has 0 unspecified atom stereocenters. The number of fused-ring (bicyclic) bond motifs is 2. The van der Waals surface area contributed by atoms with Gasteiger partial charge in [-0.05, 0) is 38.1 Å². The number of esters is 1. The van der Waals surface area contributed by atoms with Crippen molar-refractivity contribution in [2.75, 3.05) is 36.5 Å². The molecular weight excluding hydrogens is 393 g/mol. The molecule has 2 atom stereocenters. The van der Waals surface area contributed by atoms with Gasteiger partial charge in [-0.2, -0.15) is 0 Å². The highest BCUT2D eigenvalue weighted by Gasteiger charge is 2.41. The van der Waals surface area contributed by atoms with Gasteiger partial charge in [-0.1, -0.05) is 0 Å². The lowest BCUT2D eigenvalue weighted by molar-refractivity contribution is -0.138. The number of rotatable bonds is 4. The van der Waals surface area contributed by atoms with Crippen molar-refractivity contribution in [2.24, 2.45) is 5.92 Å². The van der Waals surface area contributed by atoms with Crippen LogP contribution in [0.2, 0.25) is 0 Å². The predicted octanol–water partition coefficient (Wildman–Crippen LogP) is 1.88. The van der Waals surface area contributed by atoms with E-state index in [2.05, 4.69) is 5.32 Å². The van der Waals surface area contributed by atoms with E-state index in [1.54, 1.807) is 4.90 Å². The molecule has 30 heavy (non-hydrogen) atoms. The molecular formula is C21H24FN3O5. The molecule has 3 aliphatic heterocycles. The zero-order valence-corrected chi connectivity index (χ0v) is 16.7. The highest BCUT2D eigenvalue weighted by molar-refractivity contribution is 6.15. The highest BCUT2D eigenvalue weighted by Crippen LogP contribution is 2.51. The minimum Gasteiger partial charge on any atom is -0.492 e. The Hall–Kier alpha value is -2.81. The number of piperidine rings is 1. The van der Waals surface area contributed by atoms with Crippen molar-refractivity contribution in [2.45, 2.75) is 37.8 Å². The Kier molecular flexibility index (Phi) is 4.57. The van der Waals surface area contributed by atoms with Crippen LogP contribution in [0.3, 0.4) is 0 Å². The van der Waals surface area contributed by atoms with Crippen LogP contribution in [0.25, 0.3) is 0 Å². The minimum atomic E-state index is -1.38. The van der Waals surface area contributed by atoms with Gasteiger partial charge in [0.15, 0.2) is 22.9 Å². The van der Waals surface area contributed by atoms with E-state index in [4.69, 9.17) is 9.47 Å². The lowest BCUT2D eigenvalue weighted by Crippen LogP contribution is -2.40. The number of halogens is 1. The number of nitrogens with one attached hydrogen (secondary N) is 1. The SMILES string of the molecule is COc1c(N2C[C@@H]3CCCN[C@@H]3C2)c(F)cc2c1N(C1CC1)C=C(C(=O)O)C(=O)O2. The molecule has 1 aromatic rings. The van der Waals surface area contributed by atoms with Gasteiger partial charge in [-0.25, -0.2) is 14.0 Å². The summed E-state index contributed by atoms with van der Waals surface area (Å²) >= 11 is 0. The zero-order chi connectivity index (χ0) is 21.0. The number of hydrogen-bond donors (Lipinski definition) is 2. The summed E-state index contributed by atoms with van der Waals surface area (Å²) in [4.78, 5) is 27.6. The second kappa shape index (κ2) is 7.16. The lowest BCUT2D eigenvalue weighted by atomic mass is 9.94. The summed E-state index contributed by atoms with van der Waals surface area (Å²) < 4.78 is 26.3. The maximum Gasteiger partial charge on any atom is 0.352 e. The third kappa shape index (κ3) is 3.08. The molecule has 8 nitrogen and oxygen atoms in total. The number of nitrogens with zero attached hydrogens (tertiary/aromatic N) is 2. The van der Waals surface area contributed by atoms with Gasteiger partial charge in [-0.15, -0.1) is 0 Å². The van der Waals surface area contributed by atoms with Crippen LogP contribution < -0.4 is 24.6 Å². The number of carboxylic acids is 1. The van der Waals surface area contributed by atoms with Crippen molar-refractivity contribution in [1.82, 2.24) is 5.32 Å². The first kappa shape index (κ1) is 19.2. The Morgan fingerprint density at radius 3 is 2.77 bits per heavy atom. The number of carbonyl (C=O) groups excluding carboxylic acids is 1. The minimum absolute atomic E-state index is 0.0163. The van der Waals surface area contributed by atoms with E-state index in [0.29, 0.717) is 36.4 Å². The average Bonchev–Trinajstić information content (AvgIpc) is 3.48. The fourth-order valence-corrected chi connectivity index (χ4v) is 4.82. The number of carboxylic acid groups (broad SMARTS) is 1. The van der Waals surface area contributed by atoms with Gasteiger partial charge in [0.25, 0.3) is 0 Å². The van der Waals surface area contributed by atoms with Crippen LogP contribution in [-0.4, -0.2) is 55.9 Å². The van der Waals surface area contributed by atoms with E-state index in [0.717, 1.165) is 32.2 Å². The molecule has 0 bridgehead atoms. The molecule has 0 spiro atoms. The monoisotopic (exact) mass is 417 g/mol. The maximum absolute atomic E-state index is 15.3. The molecule has 3 fully saturated rings. The van der Waals surface area contributed by atoms with Gasteiger partial charge in [0, 0.05) is 37.4 Å². The van der Waals surface area contributed by atoms with Crippen molar-refractivity contribution in [3.8, 4) is 11.5 Å². The Balaban J connectivity index is 1.63. The van der Waals surface area contributed by atoms with Crippen molar-refractivity contribution in [3.63, 3.8) is 0 Å². The number of anilines is 2. The van der Waals surface area contributed by atoms with Gasteiger partial charge in [0.2, 0.25) is 0 Å². The molecule has 0 aromatic heterocycles. The second-order valence-electron chi connectivity index (χ2n) is 8.33. The molecule has 1 aliphatic carbocycles. The van der Waals surface area contributed by atoms with E-state index in [1.807, 2.05) is 4.90 Å². The van der Waals surface area contributed by atoms with Crippen molar-refractivity contribution < 1.29 is 28.6 Å². The Morgan fingerprint density at radius 2 is 2.10 bits per heavy atom. The first-order chi connectivity index (χ1) is 14.5.